The molecule has 0 aromatic heterocycles. The molecule has 0 spiro atoms. The van der Waals surface area contributed by atoms with Crippen LogP contribution in [0.3, 0.4) is 0 Å². The van der Waals surface area contributed by atoms with E-state index in [1.54, 1.807) is 0 Å². The van der Waals surface area contributed by atoms with Crippen molar-refractivity contribution < 1.29 is 9.59 Å². The van der Waals surface area contributed by atoms with Crippen molar-refractivity contribution in [1.82, 2.24) is 10.2 Å². The molecule has 1 aliphatic rings. The highest BCUT2D eigenvalue weighted by Gasteiger charge is 2.49. The summed E-state index contributed by atoms with van der Waals surface area (Å²) in [6.45, 7) is 7.13. The molecule has 2 rings (SSSR count). The van der Waals surface area contributed by atoms with Gasteiger partial charge in [0.15, 0.2) is 0 Å². The van der Waals surface area contributed by atoms with Crippen molar-refractivity contribution in [3.05, 3.63) is 35.9 Å². The number of amides is 2. The highest BCUT2D eigenvalue weighted by atomic mass is 16.2. The van der Waals surface area contributed by atoms with E-state index in [4.69, 9.17) is 0 Å². The minimum atomic E-state index is -0.135. The van der Waals surface area contributed by atoms with Crippen molar-refractivity contribution in [2.45, 2.75) is 39.8 Å². The molecule has 1 fully saturated rings. The molecule has 2 unspecified atom stereocenters. The lowest BCUT2D eigenvalue weighted by Crippen LogP contribution is -2.35. The second-order valence-corrected chi connectivity index (χ2v) is 5.95. The van der Waals surface area contributed by atoms with Crippen LogP contribution in [0, 0.1) is 11.8 Å². The molecule has 2 amide bonds. The van der Waals surface area contributed by atoms with Crippen molar-refractivity contribution in [3.63, 3.8) is 0 Å². The van der Waals surface area contributed by atoms with Crippen LogP contribution in [0.15, 0.2) is 30.3 Å². The maximum absolute atomic E-state index is 12.5. The van der Waals surface area contributed by atoms with Gasteiger partial charge in [-0.05, 0) is 32.8 Å². The van der Waals surface area contributed by atoms with Crippen LogP contribution in [0.4, 0.5) is 0 Å². The van der Waals surface area contributed by atoms with Crippen LogP contribution in [0.2, 0.25) is 0 Å². The van der Waals surface area contributed by atoms with Crippen LogP contribution < -0.4 is 5.32 Å². The molecule has 1 aromatic carbocycles. The largest absolute Gasteiger partial charge is 0.354 e. The summed E-state index contributed by atoms with van der Waals surface area (Å²) < 4.78 is 0. The Kier molecular flexibility index (Phi) is 4.99. The molecule has 4 nitrogen and oxygen atoms in total. The molecule has 1 saturated carbocycles. The summed E-state index contributed by atoms with van der Waals surface area (Å²) >= 11 is 0. The van der Waals surface area contributed by atoms with E-state index in [0.717, 1.165) is 5.56 Å². The Hall–Kier alpha value is -1.84. The zero-order chi connectivity index (χ0) is 15.4. The topological polar surface area (TPSA) is 49.4 Å². The molecule has 0 saturated heterocycles. The lowest BCUT2D eigenvalue weighted by atomic mass is 10.2. The van der Waals surface area contributed by atoms with Gasteiger partial charge >= 0.3 is 0 Å². The SMILES string of the molecule is CCN(Cc1ccccc1)C(=O)C1CC1C(=O)NC(C)C. The Labute approximate surface area is 126 Å². The second-order valence-electron chi connectivity index (χ2n) is 5.95. The standard InChI is InChI=1S/C17H24N2O2/c1-4-19(11-13-8-6-5-7-9-13)17(21)15-10-14(15)16(20)18-12(2)3/h5-9,12,14-15H,4,10-11H2,1-3H3,(H,18,20). The van der Waals surface area contributed by atoms with Gasteiger partial charge in [0, 0.05) is 19.1 Å². The Morgan fingerprint density at radius 2 is 1.90 bits per heavy atom. The molecular weight excluding hydrogens is 264 g/mol. The molecular formula is C17H24N2O2. The van der Waals surface area contributed by atoms with Crippen LogP contribution in [-0.2, 0) is 16.1 Å². The fourth-order valence-corrected chi connectivity index (χ4v) is 2.53. The molecule has 4 heteroatoms. The van der Waals surface area contributed by atoms with Gasteiger partial charge in [0.1, 0.15) is 0 Å². The second kappa shape index (κ2) is 6.74. The van der Waals surface area contributed by atoms with Gasteiger partial charge in [-0.1, -0.05) is 30.3 Å². The third kappa shape index (κ3) is 4.06. The van der Waals surface area contributed by atoms with Crippen LogP contribution in [0.1, 0.15) is 32.8 Å². The lowest BCUT2D eigenvalue weighted by molar-refractivity contribution is -0.135. The summed E-state index contributed by atoms with van der Waals surface area (Å²) in [5.74, 6) is -0.151. The van der Waals surface area contributed by atoms with Crippen molar-refractivity contribution in [2.75, 3.05) is 6.54 Å². The van der Waals surface area contributed by atoms with E-state index in [0.29, 0.717) is 19.5 Å². The van der Waals surface area contributed by atoms with E-state index in [-0.39, 0.29) is 29.7 Å². The fraction of sp³-hybridized carbons (Fsp3) is 0.529. The predicted octanol–water partition coefficient (Wildman–Crippen LogP) is 2.20. The van der Waals surface area contributed by atoms with Crippen LogP contribution >= 0.6 is 0 Å². The zero-order valence-electron chi connectivity index (χ0n) is 13.0. The van der Waals surface area contributed by atoms with Gasteiger partial charge in [-0.2, -0.15) is 0 Å². The van der Waals surface area contributed by atoms with Gasteiger partial charge in [0.05, 0.1) is 11.8 Å². The van der Waals surface area contributed by atoms with E-state index in [1.807, 2.05) is 56.0 Å². The molecule has 0 radical (unpaired) electrons. The number of rotatable bonds is 6. The number of benzene rings is 1. The molecule has 2 atom stereocenters. The van der Waals surface area contributed by atoms with E-state index in [9.17, 15) is 9.59 Å². The molecule has 21 heavy (non-hydrogen) atoms. The molecule has 1 aromatic rings. The number of carbonyl (C=O) groups is 2. The van der Waals surface area contributed by atoms with Crippen molar-refractivity contribution in [1.29, 1.82) is 0 Å². The van der Waals surface area contributed by atoms with Crippen LogP contribution in [0.25, 0.3) is 0 Å². The van der Waals surface area contributed by atoms with Crippen LogP contribution in [-0.4, -0.2) is 29.3 Å². The van der Waals surface area contributed by atoms with Gasteiger partial charge in [0.25, 0.3) is 0 Å². The Morgan fingerprint density at radius 1 is 1.24 bits per heavy atom. The number of carbonyl (C=O) groups excluding carboxylic acids is 2. The van der Waals surface area contributed by atoms with Gasteiger partial charge in [-0.3, -0.25) is 9.59 Å². The maximum atomic E-state index is 12.5. The summed E-state index contributed by atoms with van der Waals surface area (Å²) in [5, 5.41) is 2.89. The first-order valence-electron chi connectivity index (χ1n) is 7.66. The number of nitrogens with zero attached hydrogens (tertiary/aromatic N) is 1. The van der Waals surface area contributed by atoms with Crippen molar-refractivity contribution in [2.24, 2.45) is 11.8 Å². The highest BCUT2D eigenvalue weighted by Crippen LogP contribution is 2.40. The van der Waals surface area contributed by atoms with Gasteiger partial charge in [0.2, 0.25) is 11.8 Å². The van der Waals surface area contributed by atoms with Crippen LogP contribution in [0.5, 0.6) is 0 Å². The maximum Gasteiger partial charge on any atom is 0.226 e. The first kappa shape index (κ1) is 15.5. The van der Waals surface area contributed by atoms with Gasteiger partial charge in [-0.15, -0.1) is 0 Å². The van der Waals surface area contributed by atoms with Gasteiger partial charge < -0.3 is 10.2 Å². The molecule has 0 aliphatic heterocycles. The summed E-state index contributed by atoms with van der Waals surface area (Å²) in [5.41, 5.74) is 1.12. The summed E-state index contributed by atoms with van der Waals surface area (Å²) in [4.78, 5) is 26.2. The summed E-state index contributed by atoms with van der Waals surface area (Å²) in [6.07, 6.45) is 0.683. The zero-order valence-corrected chi connectivity index (χ0v) is 13.0. The normalized spacial score (nSPS) is 20.2. The lowest BCUT2D eigenvalue weighted by Gasteiger charge is -2.21. The van der Waals surface area contributed by atoms with Crippen molar-refractivity contribution >= 4 is 11.8 Å². The third-order valence-corrected chi connectivity index (χ3v) is 3.78. The van der Waals surface area contributed by atoms with E-state index < -0.39 is 0 Å². The molecule has 0 heterocycles. The van der Waals surface area contributed by atoms with E-state index >= 15 is 0 Å². The first-order chi connectivity index (χ1) is 10.0. The number of hydrogen-bond acceptors (Lipinski definition) is 2. The van der Waals surface area contributed by atoms with Crippen molar-refractivity contribution in [3.8, 4) is 0 Å². The Balaban J connectivity index is 1.92. The highest BCUT2D eigenvalue weighted by molar-refractivity contribution is 5.92. The molecule has 114 valence electrons. The molecule has 0 bridgehead atoms. The summed E-state index contributed by atoms with van der Waals surface area (Å²) in [6, 6.07) is 10.1. The average molecular weight is 288 g/mol. The van der Waals surface area contributed by atoms with Gasteiger partial charge in [-0.25, -0.2) is 0 Å². The molecule has 1 aliphatic carbocycles. The monoisotopic (exact) mass is 288 g/mol. The van der Waals surface area contributed by atoms with E-state index in [2.05, 4.69) is 5.32 Å². The smallest absolute Gasteiger partial charge is 0.226 e. The Morgan fingerprint density at radius 3 is 2.48 bits per heavy atom. The third-order valence-electron chi connectivity index (χ3n) is 3.78. The Bertz CT molecular complexity index is 499. The fourth-order valence-electron chi connectivity index (χ4n) is 2.53. The average Bonchev–Trinajstić information content (AvgIpc) is 3.25. The first-order valence-corrected chi connectivity index (χ1v) is 7.66. The number of nitrogens with one attached hydrogen (secondary N) is 1. The minimum Gasteiger partial charge on any atom is -0.354 e. The minimum absolute atomic E-state index is 0.0131. The quantitative estimate of drug-likeness (QED) is 0.872. The predicted molar refractivity (Wildman–Crippen MR) is 82.4 cm³/mol. The summed E-state index contributed by atoms with van der Waals surface area (Å²) in [7, 11) is 0. The number of hydrogen-bond donors (Lipinski definition) is 1. The van der Waals surface area contributed by atoms with E-state index in [1.165, 1.54) is 0 Å². The molecule has 1 N–H and O–H groups in total.